The lowest BCUT2D eigenvalue weighted by Gasteiger charge is -2.16. The summed E-state index contributed by atoms with van der Waals surface area (Å²) in [6, 6.07) is 15.2. The summed E-state index contributed by atoms with van der Waals surface area (Å²) in [5.74, 6) is -1.58. The van der Waals surface area contributed by atoms with E-state index < -0.39 is 23.0 Å². The van der Waals surface area contributed by atoms with Gasteiger partial charge in [0.05, 0.1) is 18.2 Å². The molecule has 0 unspecified atom stereocenters. The van der Waals surface area contributed by atoms with Crippen LogP contribution in [0.2, 0.25) is 5.02 Å². The first-order chi connectivity index (χ1) is 19.2. The molecule has 0 spiro atoms. The molecule has 1 heterocycles. The first kappa shape index (κ1) is 26.9. The van der Waals surface area contributed by atoms with E-state index in [1.807, 2.05) is 0 Å². The number of carbonyl (C=O) groups excluding carboxylic acids is 3. The second-order valence-electron chi connectivity index (χ2n) is 9.20. The molecule has 40 heavy (non-hydrogen) atoms. The summed E-state index contributed by atoms with van der Waals surface area (Å²) < 4.78 is 26.2. The topological polar surface area (TPSA) is 119 Å². The maximum absolute atomic E-state index is 15.1. The van der Waals surface area contributed by atoms with Gasteiger partial charge in [-0.05, 0) is 61.4 Å². The van der Waals surface area contributed by atoms with Crippen LogP contribution in [0.3, 0.4) is 0 Å². The minimum atomic E-state index is -1.23. The van der Waals surface area contributed by atoms with Gasteiger partial charge in [-0.1, -0.05) is 11.6 Å². The summed E-state index contributed by atoms with van der Waals surface area (Å²) in [7, 11) is 2.94. The van der Waals surface area contributed by atoms with Crippen LogP contribution in [0.25, 0.3) is 10.9 Å². The number of amides is 3. The van der Waals surface area contributed by atoms with E-state index >= 15 is 4.39 Å². The zero-order valence-electron chi connectivity index (χ0n) is 21.5. The molecule has 4 aromatic rings. The molecule has 1 saturated carbocycles. The minimum absolute atomic E-state index is 0.107. The van der Waals surface area contributed by atoms with Crippen molar-refractivity contribution in [3.05, 3.63) is 83.3 Å². The van der Waals surface area contributed by atoms with E-state index in [1.54, 1.807) is 42.5 Å². The molecule has 0 atom stereocenters. The predicted octanol–water partition coefficient (Wildman–Crippen LogP) is 5.55. The fourth-order valence-electron chi connectivity index (χ4n) is 4.22. The number of ether oxygens (including phenoxy) is 2. The molecule has 3 amide bonds. The Morgan fingerprint density at radius 2 is 1.57 bits per heavy atom. The molecule has 1 fully saturated rings. The molecule has 5 rings (SSSR count). The van der Waals surface area contributed by atoms with Crippen LogP contribution < -0.4 is 25.4 Å². The SMILES string of the molecule is CNC(=O)c1cc2c(Oc3ccc(NC(=O)C4(C(=O)Nc5ccc(Cl)cc5)CC4)cc3F)ccnc2cc1OC. The van der Waals surface area contributed by atoms with Crippen LogP contribution >= 0.6 is 11.6 Å². The maximum atomic E-state index is 15.1. The highest BCUT2D eigenvalue weighted by Gasteiger charge is 2.56. The quantitative estimate of drug-likeness (QED) is 0.242. The Kier molecular flexibility index (Phi) is 7.27. The molecule has 3 N–H and O–H groups in total. The number of aromatic nitrogens is 1. The number of benzene rings is 3. The molecule has 0 radical (unpaired) electrons. The Balaban J connectivity index is 1.33. The molecular weight excluding hydrogens is 539 g/mol. The van der Waals surface area contributed by atoms with Crippen LogP contribution in [0.4, 0.5) is 15.8 Å². The number of hydrogen-bond donors (Lipinski definition) is 3. The van der Waals surface area contributed by atoms with Crippen molar-refractivity contribution in [1.29, 1.82) is 0 Å². The highest BCUT2D eigenvalue weighted by molar-refractivity contribution is 6.30. The second-order valence-corrected chi connectivity index (χ2v) is 9.64. The Morgan fingerprint density at radius 1 is 0.900 bits per heavy atom. The van der Waals surface area contributed by atoms with Crippen molar-refractivity contribution in [3.8, 4) is 17.2 Å². The molecule has 1 aromatic heterocycles. The van der Waals surface area contributed by atoms with Crippen LogP contribution in [0.1, 0.15) is 23.2 Å². The Labute approximate surface area is 233 Å². The number of anilines is 2. The summed E-state index contributed by atoms with van der Waals surface area (Å²) in [4.78, 5) is 42.4. The van der Waals surface area contributed by atoms with Crippen molar-refractivity contribution in [3.63, 3.8) is 0 Å². The Hall–Kier alpha value is -4.70. The molecule has 0 saturated heterocycles. The van der Waals surface area contributed by atoms with Crippen molar-refractivity contribution >= 4 is 51.6 Å². The number of pyridine rings is 1. The van der Waals surface area contributed by atoms with Gasteiger partial charge >= 0.3 is 0 Å². The summed E-state index contributed by atoms with van der Waals surface area (Å²) in [6.07, 6.45) is 2.24. The minimum Gasteiger partial charge on any atom is -0.496 e. The first-order valence-corrected chi connectivity index (χ1v) is 12.7. The van der Waals surface area contributed by atoms with E-state index in [2.05, 4.69) is 20.9 Å². The number of carbonyl (C=O) groups is 3. The van der Waals surface area contributed by atoms with Gasteiger partial charge in [0.1, 0.15) is 16.9 Å². The average molecular weight is 563 g/mol. The van der Waals surface area contributed by atoms with Crippen molar-refractivity contribution < 1.29 is 28.2 Å². The molecular formula is C29H24ClFN4O5. The van der Waals surface area contributed by atoms with E-state index in [4.69, 9.17) is 21.1 Å². The highest BCUT2D eigenvalue weighted by atomic mass is 35.5. The smallest absolute Gasteiger partial charge is 0.254 e. The summed E-state index contributed by atoms with van der Waals surface area (Å²) >= 11 is 5.88. The van der Waals surface area contributed by atoms with Gasteiger partial charge < -0.3 is 25.4 Å². The van der Waals surface area contributed by atoms with Gasteiger partial charge in [0.25, 0.3) is 5.91 Å². The van der Waals surface area contributed by atoms with Gasteiger partial charge in [-0.2, -0.15) is 0 Å². The average Bonchev–Trinajstić information content (AvgIpc) is 3.77. The summed E-state index contributed by atoms with van der Waals surface area (Å²) in [5, 5.41) is 8.92. The van der Waals surface area contributed by atoms with E-state index in [9.17, 15) is 14.4 Å². The van der Waals surface area contributed by atoms with Gasteiger partial charge in [0.15, 0.2) is 11.6 Å². The van der Waals surface area contributed by atoms with Gasteiger partial charge in [-0.3, -0.25) is 19.4 Å². The summed E-state index contributed by atoms with van der Waals surface area (Å²) in [5.41, 5.74) is 0.211. The molecule has 0 aliphatic heterocycles. The summed E-state index contributed by atoms with van der Waals surface area (Å²) in [6.45, 7) is 0. The second kappa shape index (κ2) is 10.8. The van der Waals surface area contributed by atoms with Crippen molar-refractivity contribution in [2.24, 2.45) is 5.41 Å². The van der Waals surface area contributed by atoms with Crippen LogP contribution in [0.5, 0.6) is 17.2 Å². The monoisotopic (exact) mass is 562 g/mol. The van der Waals surface area contributed by atoms with Gasteiger partial charge in [0.2, 0.25) is 11.8 Å². The number of nitrogens with zero attached hydrogens (tertiary/aromatic N) is 1. The van der Waals surface area contributed by atoms with Crippen LogP contribution in [-0.2, 0) is 9.59 Å². The third kappa shape index (κ3) is 5.26. The maximum Gasteiger partial charge on any atom is 0.254 e. The third-order valence-corrected chi connectivity index (χ3v) is 6.88. The lowest BCUT2D eigenvalue weighted by Crippen LogP contribution is -2.35. The number of halogens is 2. The number of methoxy groups -OCH3 is 1. The predicted molar refractivity (Wildman–Crippen MR) is 149 cm³/mol. The van der Waals surface area contributed by atoms with Crippen LogP contribution in [-0.4, -0.2) is 36.9 Å². The van der Waals surface area contributed by atoms with Crippen LogP contribution in [0, 0.1) is 11.2 Å². The molecule has 1 aliphatic rings. The van der Waals surface area contributed by atoms with E-state index in [0.717, 1.165) is 6.07 Å². The Bertz CT molecular complexity index is 1640. The number of fused-ring (bicyclic) bond motifs is 1. The van der Waals surface area contributed by atoms with E-state index in [0.29, 0.717) is 40.2 Å². The van der Waals surface area contributed by atoms with Gasteiger partial charge in [-0.15, -0.1) is 0 Å². The molecule has 3 aromatic carbocycles. The number of rotatable bonds is 8. The van der Waals surface area contributed by atoms with E-state index in [1.165, 1.54) is 32.5 Å². The highest BCUT2D eigenvalue weighted by Crippen LogP contribution is 2.47. The van der Waals surface area contributed by atoms with Gasteiger partial charge in [0, 0.05) is 47.2 Å². The zero-order valence-corrected chi connectivity index (χ0v) is 22.3. The van der Waals surface area contributed by atoms with Crippen LogP contribution in [0.15, 0.2) is 66.9 Å². The largest absolute Gasteiger partial charge is 0.496 e. The fraction of sp³-hybridized carbons (Fsp3) is 0.172. The van der Waals surface area contributed by atoms with Crippen molar-refractivity contribution in [2.75, 3.05) is 24.8 Å². The molecule has 9 nitrogen and oxygen atoms in total. The number of hydrogen-bond acceptors (Lipinski definition) is 6. The van der Waals surface area contributed by atoms with Gasteiger partial charge in [-0.25, -0.2) is 4.39 Å². The standard InChI is InChI=1S/C29H24ClFN4O5/c1-32-26(36)20-14-19-22(15-25(20)39-2)33-12-9-23(19)40-24-8-7-18(13-21(24)31)35-28(38)29(10-11-29)27(37)34-17-5-3-16(30)4-6-17/h3-9,12-15H,10-11H2,1-2H3,(H,32,36)(H,34,37)(H,35,38). The van der Waals surface area contributed by atoms with Crippen molar-refractivity contribution in [1.82, 2.24) is 10.3 Å². The third-order valence-electron chi connectivity index (χ3n) is 6.63. The first-order valence-electron chi connectivity index (χ1n) is 12.3. The zero-order chi connectivity index (χ0) is 28.4. The lowest BCUT2D eigenvalue weighted by molar-refractivity contribution is -0.131. The normalized spacial score (nSPS) is 13.3. The molecule has 0 bridgehead atoms. The number of nitrogens with one attached hydrogen (secondary N) is 3. The molecule has 204 valence electrons. The Morgan fingerprint density at radius 3 is 2.20 bits per heavy atom. The fourth-order valence-corrected chi connectivity index (χ4v) is 4.34. The lowest BCUT2D eigenvalue weighted by atomic mass is 10.0. The van der Waals surface area contributed by atoms with E-state index in [-0.39, 0.29) is 28.7 Å². The van der Waals surface area contributed by atoms with Crippen molar-refractivity contribution in [2.45, 2.75) is 12.8 Å². The molecule has 11 heteroatoms. The molecule has 1 aliphatic carbocycles.